The molecule has 10 rings (SSSR count). The van der Waals surface area contributed by atoms with Gasteiger partial charge < -0.3 is 38.3 Å². The fourth-order valence-electron chi connectivity index (χ4n) is 11.5. The molecule has 0 aliphatic carbocycles. The van der Waals surface area contributed by atoms with Crippen molar-refractivity contribution < 1.29 is 161 Å². The van der Waals surface area contributed by atoms with Gasteiger partial charge in [0.25, 0.3) is 0 Å². The summed E-state index contributed by atoms with van der Waals surface area (Å²) in [6.07, 6.45) is 1.70. The monoisotopic (exact) mass is 1680 g/mol. The van der Waals surface area contributed by atoms with Gasteiger partial charge in [-0.25, -0.2) is 106 Å². The number of phenols is 1. The van der Waals surface area contributed by atoms with E-state index in [1.165, 1.54) is 0 Å². The van der Waals surface area contributed by atoms with Gasteiger partial charge in [0.2, 0.25) is 53.3 Å². The number of esters is 2. The molecule has 5 aliphatic rings. The van der Waals surface area contributed by atoms with Crippen LogP contribution in [0.15, 0.2) is 63.2 Å². The van der Waals surface area contributed by atoms with Crippen LogP contribution in [0.3, 0.4) is 0 Å². The van der Waals surface area contributed by atoms with Crippen molar-refractivity contribution in [3.63, 3.8) is 0 Å². The number of carbonyl (C=O) groups is 2. The molecule has 5 fully saturated rings. The quantitative estimate of drug-likeness (QED) is 0.0205. The Morgan fingerprint density at radius 1 is 0.360 bits per heavy atom. The summed E-state index contributed by atoms with van der Waals surface area (Å²) in [5.41, 5.74) is -4.75. The minimum Gasteiger partial charge on any atom is -0.504 e. The summed E-state index contributed by atoms with van der Waals surface area (Å²) in [6.45, 7) is 6.19. The number of sulfonamides is 3. The molecule has 5 aromatic carbocycles. The highest BCUT2D eigenvalue weighted by atomic mass is 32.2. The van der Waals surface area contributed by atoms with Gasteiger partial charge in [0, 0.05) is 85.7 Å². The van der Waals surface area contributed by atoms with Gasteiger partial charge in [-0.1, -0.05) is 6.07 Å². The molecule has 0 saturated carbocycles. The normalized spacial score (nSPS) is 16.7. The Bertz CT molecular complexity index is 4070. The lowest BCUT2D eigenvalue weighted by molar-refractivity contribution is -0.138. The topological polar surface area (TPSA) is 257 Å². The smallest absolute Gasteiger partial charge is 0.416 e. The maximum absolute atomic E-state index is 13.5. The molecule has 19 nitrogen and oxygen atoms in total. The van der Waals surface area contributed by atoms with Crippen LogP contribution >= 0.6 is 0 Å². The standard InChI is InChI=1S/C14H13F5O3.C14H14F4O4.2C14H18F3NO3S.C13H14F5NO3S/c15-9-8(10(16)12(18)13(19)11(9)17)14(20)22-6-3-7-1-4-21-5-2-7;15-9-8(13(19)12(18)11(17)10(9)16)14(20)22-6-3-7-1-4-21-5-2-7;15-14(16,17)12-1-3-13(4-2-12)22(19,20)18-8-5-11-6-9-21-10-7-11;15-14(16,17)12-2-1-3-13(10-12)22(19,20)18-7-4-11-5-8-21-9-6-11;14-8-9(15)11(17)13(12(18)10(8)16)23(20,21)19-4-1-7-2-5-22-6-3-7/h7H,1-6H2;7,19H,1-6H2;1-4,11,18H,5-10H2;1-3,10-11,18H,4-9H2;7,19H,1-6H2. The Hall–Kier alpha value is -7.03. The van der Waals surface area contributed by atoms with Crippen molar-refractivity contribution in [1.29, 1.82) is 0 Å². The second-order valence-electron chi connectivity index (χ2n) is 25.6. The number of aromatic hydroxyl groups is 1. The molecule has 42 heteroatoms. The summed E-state index contributed by atoms with van der Waals surface area (Å²) < 4.78 is 373. The molecule has 0 aromatic heterocycles. The molecule has 5 aliphatic heterocycles. The maximum Gasteiger partial charge on any atom is 0.416 e. The van der Waals surface area contributed by atoms with Crippen LogP contribution in [0, 0.1) is 111 Å². The zero-order valence-corrected chi connectivity index (χ0v) is 61.0. The zero-order valence-electron chi connectivity index (χ0n) is 58.6. The number of benzene rings is 5. The van der Waals surface area contributed by atoms with E-state index in [9.17, 15) is 128 Å². The molecule has 111 heavy (non-hydrogen) atoms. The molecule has 5 aromatic rings. The van der Waals surface area contributed by atoms with Crippen molar-refractivity contribution >= 4 is 42.0 Å². The van der Waals surface area contributed by atoms with Crippen LogP contribution in [0.25, 0.3) is 0 Å². The van der Waals surface area contributed by atoms with E-state index in [-0.39, 0.29) is 60.4 Å². The Morgan fingerprint density at radius 2 is 0.649 bits per heavy atom. The van der Waals surface area contributed by atoms with Gasteiger partial charge in [-0.05, 0) is 168 Å². The first kappa shape index (κ1) is 92.8. The lowest BCUT2D eigenvalue weighted by Crippen LogP contribution is -2.30. The number of nitrogens with one attached hydrogen (secondary N) is 3. The largest absolute Gasteiger partial charge is 0.504 e. The van der Waals surface area contributed by atoms with Gasteiger partial charge in [-0.15, -0.1) is 0 Å². The summed E-state index contributed by atoms with van der Waals surface area (Å²) in [5, 5.41) is 9.26. The van der Waals surface area contributed by atoms with Crippen molar-refractivity contribution in [3.8, 4) is 5.75 Å². The zero-order chi connectivity index (χ0) is 82.2. The van der Waals surface area contributed by atoms with Crippen molar-refractivity contribution in [2.24, 2.45) is 29.6 Å². The highest BCUT2D eigenvalue weighted by Crippen LogP contribution is 2.35. The van der Waals surface area contributed by atoms with E-state index >= 15 is 0 Å². The van der Waals surface area contributed by atoms with Gasteiger partial charge in [0.05, 0.1) is 34.1 Å². The fourth-order valence-corrected chi connectivity index (χ4v) is 14.8. The SMILES string of the molecule is O=C(OCCC1CCOCC1)c1c(F)c(F)c(F)c(F)c1F.O=C(OCCC1CCOCC1)c1c(O)c(F)c(F)c(F)c1F.O=S(=O)(NCCC1CCOCC1)c1c(F)c(F)c(F)c(F)c1F.O=S(=O)(NCCC1CCOCC1)c1ccc(C(F)(F)F)cc1.O=S(=O)(NCCC1CCOCC1)c1cccc(C(F)(F)F)c1. The van der Waals surface area contributed by atoms with Crippen molar-refractivity contribution in [1.82, 2.24) is 14.2 Å². The molecular weight excluding hydrogens is 1600 g/mol. The Balaban J connectivity index is 0.000000216. The lowest BCUT2D eigenvalue weighted by Gasteiger charge is -2.21. The molecule has 0 amide bonds. The molecule has 0 atom stereocenters. The number of hydrogen-bond donors (Lipinski definition) is 4. The van der Waals surface area contributed by atoms with Gasteiger partial charge >= 0.3 is 24.3 Å². The molecule has 0 unspecified atom stereocenters. The lowest BCUT2D eigenvalue weighted by atomic mass is 9.97. The van der Waals surface area contributed by atoms with Gasteiger partial charge in [0.1, 0.15) is 11.1 Å². The average molecular weight is 1680 g/mol. The van der Waals surface area contributed by atoms with E-state index in [0.717, 1.165) is 93.8 Å². The number of rotatable bonds is 23. The van der Waals surface area contributed by atoms with Crippen LogP contribution < -0.4 is 14.2 Å². The van der Waals surface area contributed by atoms with Crippen LogP contribution in [-0.2, 0) is 75.6 Å². The highest BCUT2D eigenvalue weighted by Gasteiger charge is 2.37. The molecule has 0 radical (unpaired) electrons. The third-order valence-electron chi connectivity index (χ3n) is 18.0. The van der Waals surface area contributed by atoms with E-state index < -0.39 is 169 Å². The average Bonchev–Trinajstić information content (AvgIpc) is 0.776. The fraction of sp³-hybridized carbons (Fsp3) is 0.536. The summed E-state index contributed by atoms with van der Waals surface area (Å²) in [4.78, 5) is 20.8. The second-order valence-corrected chi connectivity index (χ2v) is 30.8. The van der Waals surface area contributed by atoms with E-state index in [4.69, 9.17) is 28.4 Å². The molecule has 0 bridgehead atoms. The van der Waals surface area contributed by atoms with Gasteiger partial charge in [-0.2, -0.15) is 30.7 Å². The van der Waals surface area contributed by atoms with E-state index in [1.807, 2.05) is 4.72 Å². The van der Waals surface area contributed by atoms with E-state index in [1.54, 1.807) is 0 Å². The maximum atomic E-state index is 13.5. The minimum absolute atomic E-state index is 0.108. The van der Waals surface area contributed by atoms with Crippen molar-refractivity contribution in [2.45, 2.75) is 123 Å². The second kappa shape index (κ2) is 42.9. The summed E-state index contributed by atoms with van der Waals surface area (Å²) in [5.74, 6) is -34.3. The molecule has 5 heterocycles. The Kier molecular flexibility index (Phi) is 35.9. The highest BCUT2D eigenvalue weighted by molar-refractivity contribution is 7.90. The van der Waals surface area contributed by atoms with Crippen LogP contribution in [0.5, 0.6) is 5.75 Å². The number of halogens is 20. The van der Waals surface area contributed by atoms with E-state index in [0.29, 0.717) is 129 Å². The summed E-state index contributed by atoms with van der Waals surface area (Å²) in [6, 6.07) is 7.24. The van der Waals surface area contributed by atoms with Crippen LogP contribution in [0.2, 0.25) is 0 Å². The van der Waals surface area contributed by atoms with Gasteiger partial charge in [0.15, 0.2) is 68.8 Å². The van der Waals surface area contributed by atoms with Crippen LogP contribution in [0.4, 0.5) is 87.8 Å². The third kappa shape index (κ3) is 27.3. The number of phenolic OH excluding ortho intramolecular Hbond substituents is 1. The van der Waals surface area contributed by atoms with Crippen molar-refractivity contribution in [2.75, 3.05) is 98.9 Å². The molecule has 622 valence electrons. The molecular formula is C69H77F20N3O16S3. The number of alkyl halides is 6. The molecule has 5 saturated heterocycles. The molecule has 4 N–H and O–H groups in total. The van der Waals surface area contributed by atoms with Crippen LogP contribution in [-0.4, -0.2) is 141 Å². The summed E-state index contributed by atoms with van der Waals surface area (Å²) in [7, 11) is -12.6. The third-order valence-corrected chi connectivity index (χ3v) is 22.4. The molecule has 0 spiro atoms. The first-order valence-corrected chi connectivity index (χ1v) is 38.8. The van der Waals surface area contributed by atoms with Crippen LogP contribution in [0.1, 0.15) is 128 Å². The van der Waals surface area contributed by atoms with Crippen molar-refractivity contribution in [3.05, 3.63) is 152 Å². The first-order valence-electron chi connectivity index (χ1n) is 34.3. The van der Waals surface area contributed by atoms with Gasteiger partial charge in [-0.3, -0.25) is 0 Å². The minimum atomic E-state index is -4.86. The predicted octanol–water partition coefficient (Wildman–Crippen LogP) is 14.4. The summed E-state index contributed by atoms with van der Waals surface area (Å²) >= 11 is 0. The number of hydrogen-bond acceptors (Lipinski definition) is 16. The number of carbonyl (C=O) groups excluding carboxylic acids is 2. The number of ether oxygens (including phenoxy) is 7. The predicted molar refractivity (Wildman–Crippen MR) is 350 cm³/mol. The first-order chi connectivity index (χ1) is 52.2. The Morgan fingerprint density at radius 3 is 1.00 bits per heavy atom. The van der Waals surface area contributed by atoms with E-state index in [2.05, 4.69) is 14.2 Å². The Labute approximate surface area is 624 Å².